The molecule has 0 aliphatic heterocycles. The van der Waals surface area contributed by atoms with Gasteiger partial charge in [-0.25, -0.2) is 0 Å². The fourth-order valence-corrected chi connectivity index (χ4v) is 1.62. The van der Waals surface area contributed by atoms with Gasteiger partial charge in [0.15, 0.2) is 0 Å². The highest BCUT2D eigenvalue weighted by Gasteiger charge is 3.01. The summed E-state index contributed by atoms with van der Waals surface area (Å²) in [5.74, 6) is -23.9. The molecule has 0 aromatic heterocycles. The molecule has 1 fully saturated rings. The molecule has 1 aromatic carbocycles. The van der Waals surface area contributed by atoms with Gasteiger partial charge in [-0.3, -0.25) is 0 Å². The van der Waals surface area contributed by atoms with Gasteiger partial charge < -0.3 is 0 Å². The fraction of sp³-hybridized carbons (Fsp3) is 0.333. The van der Waals surface area contributed by atoms with E-state index in [4.69, 9.17) is 0 Å². The summed E-state index contributed by atoms with van der Waals surface area (Å²) in [5, 5.41) is 0. The summed E-state index contributed by atoms with van der Waals surface area (Å²) in [6.45, 7) is 0. The molecular weight excluding hydrogens is 296 g/mol. The van der Waals surface area contributed by atoms with E-state index >= 15 is 0 Å². The highest BCUT2D eigenvalue weighted by Crippen LogP contribution is 2.69. The van der Waals surface area contributed by atoms with Crippen LogP contribution < -0.4 is 0 Å². The molecule has 0 nitrogen and oxygen atoms in total. The zero-order valence-electron chi connectivity index (χ0n) is 9.49. The van der Waals surface area contributed by atoms with Crippen LogP contribution in [0.15, 0.2) is 24.3 Å². The molecule has 2 aliphatic carbocycles. The highest BCUT2D eigenvalue weighted by molar-refractivity contribution is 5.85. The summed E-state index contributed by atoms with van der Waals surface area (Å²) in [7, 11) is 0. The van der Waals surface area contributed by atoms with Crippen molar-refractivity contribution in [3.63, 3.8) is 0 Å². The first-order valence-corrected chi connectivity index (χ1v) is 5.25. The van der Waals surface area contributed by atoms with Crippen molar-refractivity contribution in [3.05, 3.63) is 35.4 Å². The van der Waals surface area contributed by atoms with Crippen LogP contribution in [-0.2, 0) is 0 Å². The maximum absolute atomic E-state index is 11.6. The highest BCUT2D eigenvalue weighted by atomic mass is 19.4. The Kier molecular flexibility index (Phi) is 2.93. The fourth-order valence-electron chi connectivity index (χ4n) is 1.62. The number of hydrogen-bond acceptors (Lipinski definition) is 0. The Morgan fingerprint density at radius 3 is 0.900 bits per heavy atom. The van der Waals surface area contributed by atoms with E-state index in [1.54, 1.807) is 0 Å². The van der Waals surface area contributed by atoms with E-state index in [-0.39, 0.29) is 0 Å². The SMILES string of the molecule is C1=Cc2ccccc21.FC1(F)C(F)(F)C(F)(F)C1(F)F. The molecule has 0 spiro atoms. The molecule has 110 valence electrons. The molecule has 20 heavy (non-hydrogen) atoms. The quantitative estimate of drug-likeness (QED) is 0.618. The molecule has 2 aliphatic rings. The van der Waals surface area contributed by atoms with Gasteiger partial charge in [0.2, 0.25) is 0 Å². The van der Waals surface area contributed by atoms with Gasteiger partial charge in [-0.15, -0.1) is 0 Å². The number of alkyl halides is 8. The third kappa shape index (κ3) is 1.53. The maximum atomic E-state index is 11.6. The lowest BCUT2D eigenvalue weighted by Gasteiger charge is -2.49. The van der Waals surface area contributed by atoms with E-state index in [9.17, 15) is 35.1 Å². The molecule has 1 saturated carbocycles. The Bertz CT molecular complexity index is 469. The van der Waals surface area contributed by atoms with Gasteiger partial charge in [-0.1, -0.05) is 36.4 Å². The molecule has 0 radical (unpaired) electrons. The predicted molar refractivity (Wildman–Crippen MR) is 55.2 cm³/mol. The van der Waals surface area contributed by atoms with Gasteiger partial charge in [0.25, 0.3) is 0 Å². The van der Waals surface area contributed by atoms with E-state index in [1.807, 2.05) is 0 Å². The van der Waals surface area contributed by atoms with Crippen molar-refractivity contribution < 1.29 is 35.1 Å². The summed E-state index contributed by atoms with van der Waals surface area (Å²) >= 11 is 0. The van der Waals surface area contributed by atoms with Crippen LogP contribution in [0.5, 0.6) is 0 Å². The van der Waals surface area contributed by atoms with Crippen molar-refractivity contribution >= 4 is 12.2 Å². The van der Waals surface area contributed by atoms with Crippen LogP contribution in [0, 0.1) is 0 Å². The number of halogens is 8. The van der Waals surface area contributed by atoms with Crippen LogP contribution in [-0.4, -0.2) is 23.7 Å². The predicted octanol–water partition coefficient (Wildman–Crippen LogP) is 4.71. The zero-order valence-corrected chi connectivity index (χ0v) is 9.49. The Balaban J connectivity index is 0.000000157. The first-order valence-electron chi connectivity index (χ1n) is 5.25. The second-order valence-electron chi connectivity index (χ2n) is 4.26. The average Bonchev–Trinajstić information content (AvgIpc) is 2.30. The van der Waals surface area contributed by atoms with Crippen LogP contribution in [0.3, 0.4) is 0 Å². The summed E-state index contributed by atoms with van der Waals surface area (Å²) in [4.78, 5) is 0. The molecule has 0 atom stereocenters. The second kappa shape index (κ2) is 3.95. The van der Waals surface area contributed by atoms with Gasteiger partial charge in [-0.2, -0.15) is 35.1 Å². The van der Waals surface area contributed by atoms with Crippen molar-refractivity contribution in [2.75, 3.05) is 0 Å². The maximum Gasteiger partial charge on any atom is 0.385 e. The summed E-state index contributed by atoms with van der Waals surface area (Å²) in [6.07, 6.45) is 4.24. The molecule has 3 rings (SSSR count). The minimum Gasteiger partial charge on any atom is -0.192 e. The van der Waals surface area contributed by atoms with Crippen LogP contribution in [0.25, 0.3) is 12.2 Å². The Labute approximate surface area is 107 Å². The summed E-state index contributed by atoms with van der Waals surface area (Å²) in [6, 6.07) is 8.36. The van der Waals surface area contributed by atoms with Crippen molar-refractivity contribution in [1.82, 2.24) is 0 Å². The number of hydrogen-bond donors (Lipinski definition) is 0. The van der Waals surface area contributed by atoms with Gasteiger partial charge in [0.1, 0.15) is 0 Å². The van der Waals surface area contributed by atoms with E-state index in [0.717, 1.165) is 0 Å². The number of benzene rings is 1. The third-order valence-electron chi connectivity index (χ3n) is 3.02. The van der Waals surface area contributed by atoms with Crippen molar-refractivity contribution in [2.45, 2.75) is 23.7 Å². The molecule has 0 heterocycles. The van der Waals surface area contributed by atoms with Crippen molar-refractivity contribution in [3.8, 4) is 0 Å². The van der Waals surface area contributed by atoms with Crippen LogP contribution >= 0.6 is 0 Å². The van der Waals surface area contributed by atoms with Crippen LogP contribution in [0.1, 0.15) is 11.1 Å². The third-order valence-corrected chi connectivity index (χ3v) is 3.02. The Hall–Kier alpha value is -1.60. The van der Waals surface area contributed by atoms with Crippen LogP contribution in [0.4, 0.5) is 35.1 Å². The first kappa shape index (κ1) is 14.8. The van der Waals surface area contributed by atoms with Gasteiger partial charge in [-0.05, 0) is 11.1 Å². The molecule has 0 unspecified atom stereocenters. The lowest BCUT2D eigenvalue weighted by molar-refractivity contribution is -0.506. The molecular formula is C12H6F8. The molecule has 0 saturated heterocycles. The van der Waals surface area contributed by atoms with Gasteiger partial charge in [0.05, 0.1) is 0 Å². The van der Waals surface area contributed by atoms with E-state index in [0.29, 0.717) is 0 Å². The summed E-state index contributed by atoms with van der Waals surface area (Å²) < 4.78 is 92.9. The van der Waals surface area contributed by atoms with Crippen molar-refractivity contribution in [1.29, 1.82) is 0 Å². The lowest BCUT2D eigenvalue weighted by atomic mass is 9.80. The lowest BCUT2D eigenvalue weighted by Crippen LogP contribution is -2.82. The van der Waals surface area contributed by atoms with Gasteiger partial charge >= 0.3 is 23.7 Å². The Morgan fingerprint density at radius 2 is 0.750 bits per heavy atom. The molecule has 8 heteroatoms. The second-order valence-corrected chi connectivity index (χ2v) is 4.26. The van der Waals surface area contributed by atoms with E-state index in [2.05, 4.69) is 36.4 Å². The van der Waals surface area contributed by atoms with E-state index < -0.39 is 23.7 Å². The summed E-state index contributed by atoms with van der Waals surface area (Å²) in [5.41, 5.74) is 2.74. The molecule has 0 N–H and O–H groups in total. The minimum absolute atomic E-state index is 1.37. The average molecular weight is 302 g/mol. The van der Waals surface area contributed by atoms with Gasteiger partial charge in [0, 0.05) is 0 Å². The largest absolute Gasteiger partial charge is 0.385 e. The van der Waals surface area contributed by atoms with E-state index in [1.165, 1.54) is 11.1 Å². The molecule has 1 aromatic rings. The van der Waals surface area contributed by atoms with Crippen molar-refractivity contribution in [2.24, 2.45) is 0 Å². The monoisotopic (exact) mass is 302 g/mol. The molecule has 0 amide bonds. The standard InChI is InChI=1S/C8H6.C4F8/c1-2-4-8-6-5-7(8)3-1;5-1(6)2(7,8)4(11,12)3(1,9)10/h1-6H;. The topological polar surface area (TPSA) is 0 Å². The van der Waals surface area contributed by atoms with Crippen LogP contribution in [0.2, 0.25) is 0 Å². The Morgan fingerprint density at radius 1 is 0.500 bits per heavy atom. The zero-order chi connectivity index (χ0) is 15.4. The number of fused-ring (bicyclic) bond motifs is 1. The smallest absolute Gasteiger partial charge is 0.192 e. The minimum atomic E-state index is -5.97. The molecule has 0 bridgehead atoms. The number of rotatable bonds is 0. The normalized spacial score (nSPS) is 25.4. The first-order chi connectivity index (χ1) is 8.97.